The lowest BCUT2D eigenvalue weighted by molar-refractivity contribution is 0.0420. The van der Waals surface area contributed by atoms with Crippen LogP contribution in [-0.2, 0) is 0 Å². The van der Waals surface area contributed by atoms with Crippen LogP contribution in [0.1, 0.15) is 23.2 Å². The number of amides is 1. The normalized spacial score (nSPS) is 23.6. The molecule has 0 aromatic heterocycles. The molecule has 1 fully saturated rings. The van der Waals surface area contributed by atoms with Gasteiger partial charge in [-0.05, 0) is 37.0 Å². The van der Waals surface area contributed by atoms with Gasteiger partial charge in [-0.1, -0.05) is 6.07 Å². The minimum atomic E-state index is -0.164. The molecule has 0 saturated heterocycles. The molecule has 0 bridgehead atoms. The van der Waals surface area contributed by atoms with Crippen LogP contribution in [0.5, 0.6) is 0 Å². The number of aliphatic hydroxyl groups excluding tert-OH is 1. The Morgan fingerprint density at radius 3 is 2.88 bits per heavy atom. The van der Waals surface area contributed by atoms with E-state index >= 15 is 0 Å². The minimum Gasteiger partial charge on any atom is -0.393 e. The lowest BCUT2D eigenvalue weighted by atomic mass is 9.82. The summed E-state index contributed by atoms with van der Waals surface area (Å²) in [5, 5.41) is 12.0. The van der Waals surface area contributed by atoms with E-state index in [1.54, 1.807) is 12.1 Å². The maximum absolute atomic E-state index is 11.7. The lowest BCUT2D eigenvalue weighted by Crippen LogP contribution is -2.38. The third-order valence-corrected chi connectivity index (χ3v) is 3.15. The topological polar surface area (TPSA) is 49.3 Å². The number of nitrogens with one attached hydrogen (secondary N) is 1. The molecule has 0 unspecified atom stereocenters. The summed E-state index contributed by atoms with van der Waals surface area (Å²) in [6.45, 7) is 0.646. The second-order valence-corrected chi connectivity index (χ2v) is 4.77. The van der Waals surface area contributed by atoms with Gasteiger partial charge in [-0.15, -0.1) is 12.6 Å². The molecule has 1 aromatic rings. The van der Waals surface area contributed by atoms with Crippen LogP contribution in [0.2, 0.25) is 0 Å². The van der Waals surface area contributed by atoms with Crippen molar-refractivity contribution in [2.45, 2.75) is 23.8 Å². The Labute approximate surface area is 100 Å². The van der Waals surface area contributed by atoms with Gasteiger partial charge < -0.3 is 10.4 Å². The number of hydrogen-bond acceptors (Lipinski definition) is 3. The quantitative estimate of drug-likeness (QED) is 0.697. The molecule has 4 heteroatoms. The molecule has 1 amide bonds. The molecule has 0 heterocycles. The number of aliphatic hydroxyl groups is 1. The van der Waals surface area contributed by atoms with Crippen molar-refractivity contribution in [3.63, 3.8) is 0 Å². The summed E-state index contributed by atoms with van der Waals surface area (Å²) in [4.78, 5) is 12.5. The Bertz CT molecular complexity index is 388. The van der Waals surface area contributed by atoms with Gasteiger partial charge >= 0.3 is 0 Å². The monoisotopic (exact) mass is 237 g/mol. The van der Waals surface area contributed by atoms with Gasteiger partial charge in [0.1, 0.15) is 0 Å². The van der Waals surface area contributed by atoms with Crippen LogP contribution in [0.4, 0.5) is 0 Å². The van der Waals surface area contributed by atoms with Gasteiger partial charge in [0.2, 0.25) is 0 Å². The number of carbonyl (C=O) groups excluding carboxylic acids is 1. The second kappa shape index (κ2) is 4.89. The molecule has 3 nitrogen and oxygen atoms in total. The van der Waals surface area contributed by atoms with E-state index in [4.69, 9.17) is 5.11 Å². The van der Waals surface area contributed by atoms with Crippen molar-refractivity contribution >= 4 is 18.5 Å². The number of carbonyl (C=O) groups is 1. The van der Waals surface area contributed by atoms with Crippen LogP contribution >= 0.6 is 12.6 Å². The van der Waals surface area contributed by atoms with Crippen molar-refractivity contribution in [2.75, 3.05) is 6.54 Å². The van der Waals surface area contributed by atoms with E-state index in [-0.39, 0.29) is 12.0 Å². The van der Waals surface area contributed by atoms with Gasteiger partial charge in [0, 0.05) is 17.0 Å². The van der Waals surface area contributed by atoms with Crippen LogP contribution in [0, 0.1) is 5.92 Å². The molecular formula is C12H15NO2S. The van der Waals surface area contributed by atoms with Gasteiger partial charge in [-0.2, -0.15) is 0 Å². The predicted octanol–water partition coefficient (Wildman–Crippen LogP) is 1.48. The first kappa shape index (κ1) is 11.5. The third kappa shape index (κ3) is 2.77. The fourth-order valence-corrected chi connectivity index (χ4v) is 2.08. The number of hydrogen-bond donors (Lipinski definition) is 3. The molecule has 2 N–H and O–H groups in total. The first-order valence-electron chi connectivity index (χ1n) is 5.40. The smallest absolute Gasteiger partial charge is 0.251 e. The third-order valence-electron chi connectivity index (χ3n) is 2.87. The maximum atomic E-state index is 11.7. The van der Waals surface area contributed by atoms with Crippen LogP contribution in [0.3, 0.4) is 0 Å². The van der Waals surface area contributed by atoms with E-state index < -0.39 is 0 Å². The molecule has 1 aromatic carbocycles. The van der Waals surface area contributed by atoms with Crippen molar-refractivity contribution < 1.29 is 9.90 Å². The summed E-state index contributed by atoms with van der Waals surface area (Å²) in [7, 11) is 0. The number of rotatable bonds is 3. The first-order valence-corrected chi connectivity index (χ1v) is 5.85. The summed E-state index contributed by atoms with van der Waals surface area (Å²) in [6, 6.07) is 7.16. The van der Waals surface area contributed by atoms with Crippen molar-refractivity contribution in [1.82, 2.24) is 5.32 Å². The van der Waals surface area contributed by atoms with Crippen molar-refractivity contribution in [3.05, 3.63) is 29.8 Å². The van der Waals surface area contributed by atoms with Gasteiger partial charge in [-0.3, -0.25) is 4.79 Å². The summed E-state index contributed by atoms with van der Waals surface area (Å²) in [6.07, 6.45) is 1.43. The van der Waals surface area contributed by atoms with Gasteiger partial charge in [-0.25, -0.2) is 0 Å². The van der Waals surface area contributed by atoms with Crippen LogP contribution in [0.15, 0.2) is 29.2 Å². The highest BCUT2D eigenvalue weighted by Crippen LogP contribution is 2.26. The zero-order valence-corrected chi connectivity index (χ0v) is 9.78. The number of benzene rings is 1. The van der Waals surface area contributed by atoms with E-state index in [1.165, 1.54) is 0 Å². The number of thiol groups is 1. The fourth-order valence-electron chi connectivity index (χ4n) is 1.85. The largest absolute Gasteiger partial charge is 0.393 e. The summed E-state index contributed by atoms with van der Waals surface area (Å²) in [5.41, 5.74) is 0.632. The van der Waals surface area contributed by atoms with Gasteiger partial charge in [0.15, 0.2) is 0 Å². The van der Waals surface area contributed by atoms with Crippen LogP contribution in [0.25, 0.3) is 0 Å². The molecule has 0 radical (unpaired) electrons. The van der Waals surface area contributed by atoms with Crippen molar-refractivity contribution in [3.8, 4) is 0 Å². The zero-order chi connectivity index (χ0) is 11.5. The Morgan fingerprint density at radius 1 is 1.50 bits per heavy atom. The molecule has 0 spiro atoms. The predicted molar refractivity (Wildman–Crippen MR) is 64.8 cm³/mol. The molecule has 1 aliphatic rings. The Hall–Kier alpha value is -1.00. The molecule has 2 rings (SSSR count). The highest BCUT2D eigenvalue weighted by Gasteiger charge is 2.27. The molecule has 0 atom stereocenters. The van der Waals surface area contributed by atoms with E-state index in [0.717, 1.165) is 17.7 Å². The van der Waals surface area contributed by atoms with Crippen molar-refractivity contribution in [2.24, 2.45) is 5.92 Å². The molecule has 1 saturated carbocycles. The van der Waals surface area contributed by atoms with Crippen LogP contribution < -0.4 is 5.32 Å². The zero-order valence-electron chi connectivity index (χ0n) is 8.89. The van der Waals surface area contributed by atoms with E-state index in [1.807, 2.05) is 12.1 Å². The van der Waals surface area contributed by atoms with Crippen molar-refractivity contribution in [1.29, 1.82) is 0 Å². The summed E-state index contributed by atoms with van der Waals surface area (Å²) < 4.78 is 0. The Balaban J connectivity index is 1.84. The van der Waals surface area contributed by atoms with Crippen LogP contribution in [-0.4, -0.2) is 23.7 Å². The Kier molecular flexibility index (Phi) is 3.51. The maximum Gasteiger partial charge on any atom is 0.251 e. The van der Waals surface area contributed by atoms with E-state index in [2.05, 4.69) is 17.9 Å². The standard InChI is InChI=1S/C12H15NO2S/c14-10-4-8(5-10)7-13-12(15)9-2-1-3-11(16)6-9/h1-3,6,8,10,14,16H,4-5,7H2,(H,13,15). The highest BCUT2D eigenvalue weighted by molar-refractivity contribution is 7.80. The molecule has 86 valence electrons. The Morgan fingerprint density at radius 2 is 2.25 bits per heavy atom. The SMILES string of the molecule is O=C(NCC1CC(O)C1)c1cccc(S)c1. The molecule has 16 heavy (non-hydrogen) atoms. The van der Waals surface area contributed by atoms with Gasteiger partial charge in [0.05, 0.1) is 6.10 Å². The molecule has 0 aliphatic heterocycles. The fraction of sp³-hybridized carbons (Fsp3) is 0.417. The molecular weight excluding hydrogens is 222 g/mol. The average molecular weight is 237 g/mol. The van der Waals surface area contributed by atoms with E-state index in [9.17, 15) is 4.79 Å². The second-order valence-electron chi connectivity index (χ2n) is 4.25. The first-order chi connectivity index (χ1) is 7.65. The summed E-state index contributed by atoms with van der Waals surface area (Å²) >= 11 is 4.19. The highest BCUT2D eigenvalue weighted by atomic mass is 32.1. The summed E-state index contributed by atoms with van der Waals surface area (Å²) in [5.74, 6) is 0.357. The van der Waals surface area contributed by atoms with Gasteiger partial charge in [0.25, 0.3) is 5.91 Å². The molecule has 1 aliphatic carbocycles. The average Bonchev–Trinajstić information content (AvgIpc) is 2.22. The minimum absolute atomic E-state index is 0.0720. The lowest BCUT2D eigenvalue weighted by Gasteiger charge is -2.31. The van der Waals surface area contributed by atoms with E-state index in [0.29, 0.717) is 18.0 Å².